The molecule has 0 N–H and O–H groups in total. The highest BCUT2D eigenvalue weighted by molar-refractivity contribution is 9.10. The molecule has 2 aromatic carbocycles. The van der Waals surface area contributed by atoms with E-state index < -0.39 is 0 Å². The first-order chi connectivity index (χ1) is 8.90. The SMILES string of the molecule is Cc1cc(F)cc(C)c1C(=O)c1ccc(Br)cc1Cl. The van der Waals surface area contributed by atoms with Gasteiger partial charge in [0.1, 0.15) is 5.82 Å². The Morgan fingerprint density at radius 2 is 1.74 bits per heavy atom. The molecule has 0 aliphatic rings. The summed E-state index contributed by atoms with van der Waals surface area (Å²) in [6.45, 7) is 3.44. The van der Waals surface area contributed by atoms with Gasteiger partial charge in [0, 0.05) is 15.6 Å². The maximum Gasteiger partial charge on any atom is 0.195 e. The van der Waals surface area contributed by atoms with E-state index in [4.69, 9.17) is 11.6 Å². The predicted molar refractivity (Wildman–Crippen MR) is 78.5 cm³/mol. The Kier molecular flexibility index (Phi) is 4.07. The number of carbonyl (C=O) groups excluding carboxylic acids is 1. The minimum absolute atomic E-state index is 0.187. The summed E-state index contributed by atoms with van der Waals surface area (Å²) in [6.07, 6.45) is 0. The fourth-order valence-corrected chi connectivity index (χ4v) is 2.84. The first kappa shape index (κ1) is 14.2. The number of ketones is 1. The van der Waals surface area contributed by atoms with Gasteiger partial charge in [0.05, 0.1) is 5.02 Å². The van der Waals surface area contributed by atoms with Crippen molar-refractivity contribution >= 4 is 33.3 Å². The van der Waals surface area contributed by atoms with E-state index in [-0.39, 0.29) is 11.6 Å². The second-order valence-corrected chi connectivity index (χ2v) is 5.69. The normalized spacial score (nSPS) is 10.6. The van der Waals surface area contributed by atoms with E-state index >= 15 is 0 Å². The number of aryl methyl sites for hydroxylation is 2. The summed E-state index contributed by atoms with van der Waals surface area (Å²) in [6, 6.07) is 7.80. The maximum atomic E-state index is 13.3. The van der Waals surface area contributed by atoms with Gasteiger partial charge in [-0.05, 0) is 55.3 Å². The summed E-state index contributed by atoms with van der Waals surface area (Å²) in [5.41, 5.74) is 2.15. The van der Waals surface area contributed by atoms with Gasteiger partial charge in [0.25, 0.3) is 0 Å². The van der Waals surface area contributed by atoms with E-state index in [1.54, 1.807) is 32.0 Å². The van der Waals surface area contributed by atoms with Gasteiger partial charge < -0.3 is 0 Å². The van der Waals surface area contributed by atoms with E-state index in [0.717, 1.165) is 4.47 Å². The van der Waals surface area contributed by atoms with Crippen molar-refractivity contribution < 1.29 is 9.18 Å². The molecule has 0 aromatic heterocycles. The molecule has 0 fully saturated rings. The average Bonchev–Trinajstić information content (AvgIpc) is 2.26. The summed E-state index contributed by atoms with van der Waals surface area (Å²) in [4.78, 5) is 12.5. The zero-order valence-corrected chi connectivity index (χ0v) is 12.8. The molecule has 0 unspecified atom stereocenters. The van der Waals surface area contributed by atoms with E-state index in [2.05, 4.69) is 15.9 Å². The lowest BCUT2D eigenvalue weighted by Gasteiger charge is -2.10. The molecule has 4 heteroatoms. The molecule has 0 radical (unpaired) electrons. The van der Waals surface area contributed by atoms with Crippen LogP contribution >= 0.6 is 27.5 Å². The Morgan fingerprint density at radius 3 is 2.26 bits per heavy atom. The molecular weight excluding hydrogens is 331 g/mol. The molecule has 2 rings (SSSR count). The zero-order chi connectivity index (χ0) is 14.2. The number of hydrogen-bond donors (Lipinski definition) is 0. The quantitative estimate of drug-likeness (QED) is 0.695. The topological polar surface area (TPSA) is 17.1 Å². The molecule has 0 amide bonds. The molecule has 0 spiro atoms. The number of halogens is 3. The van der Waals surface area contributed by atoms with Gasteiger partial charge in [-0.1, -0.05) is 27.5 Å². The van der Waals surface area contributed by atoms with Crippen molar-refractivity contribution in [3.63, 3.8) is 0 Å². The lowest BCUT2D eigenvalue weighted by molar-refractivity contribution is 0.103. The molecule has 0 heterocycles. The van der Waals surface area contributed by atoms with Crippen LogP contribution in [0.4, 0.5) is 4.39 Å². The van der Waals surface area contributed by atoms with Crippen molar-refractivity contribution in [3.05, 3.63) is 67.9 Å². The zero-order valence-electron chi connectivity index (χ0n) is 10.4. The fourth-order valence-electron chi connectivity index (χ4n) is 2.08. The van der Waals surface area contributed by atoms with Crippen LogP contribution in [0, 0.1) is 19.7 Å². The highest BCUT2D eigenvalue weighted by atomic mass is 79.9. The molecule has 1 nitrogen and oxygen atoms in total. The van der Waals surface area contributed by atoms with Crippen LogP contribution in [0.25, 0.3) is 0 Å². The van der Waals surface area contributed by atoms with Crippen molar-refractivity contribution in [3.8, 4) is 0 Å². The van der Waals surface area contributed by atoms with Gasteiger partial charge in [-0.15, -0.1) is 0 Å². The molecule has 2 aromatic rings. The second kappa shape index (κ2) is 5.43. The van der Waals surface area contributed by atoms with Crippen LogP contribution in [0.3, 0.4) is 0 Å². The van der Waals surface area contributed by atoms with Crippen molar-refractivity contribution in [2.75, 3.05) is 0 Å². The number of rotatable bonds is 2. The number of benzene rings is 2. The van der Waals surface area contributed by atoms with Gasteiger partial charge in [-0.2, -0.15) is 0 Å². The first-order valence-corrected chi connectivity index (χ1v) is 6.83. The number of hydrogen-bond acceptors (Lipinski definition) is 1. The molecule has 0 saturated carbocycles. The van der Waals surface area contributed by atoms with Crippen LogP contribution in [0.2, 0.25) is 5.02 Å². The fraction of sp³-hybridized carbons (Fsp3) is 0.133. The van der Waals surface area contributed by atoms with Crippen molar-refractivity contribution in [2.24, 2.45) is 0 Å². The smallest absolute Gasteiger partial charge is 0.195 e. The third-order valence-electron chi connectivity index (χ3n) is 2.90. The van der Waals surface area contributed by atoms with E-state index in [9.17, 15) is 9.18 Å². The van der Waals surface area contributed by atoms with Crippen LogP contribution in [0.15, 0.2) is 34.8 Å². The summed E-state index contributed by atoms with van der Waals surface area (Å²) < 4.78 is 14.1. The van der Waals surface area contributed by atoms with E-state index in [0.29, 0.717) is 27.3 Å². The Labute approximate surface area is 124 Å². The Morgan fingerprint density at radius 1 is 1.16 bits per heavy atom. The second-order valence-electron chi connectivity index (χ2n) is 4.37. The highest BCUT2D eigenvalue weighted by Crippen LogP contribution is 2.26. The standard InChI is InChI=1S/C15H11BrClFO/c1-8-5-11(18)6-9(2)14(8)15(19)12-4-3-10(16)7-13(12)17/h3-7H,1-2H3. The van der Waals surface area contributed by atoms with Gasteiger partial charge >= 0.3 is 0 Å². The Bertz CT molecular complexity index is 644. The van der Waals surface area contributed by atoms with Crippen molar-refractivity contribution in [2.45, 2.75) is 13.8 Å². The van der Waals surface area contributed by atoms with E-state index in [1.165, 1.54) is 12.1 Å². The Balaban J connectivity index is 2.56. The average molecular weight is 342 g/mol. The first-order valence-electron chi connectivity index (χ1n) is 5.66. The van der Waals surface area contributed by atoms with Crippen LogP contribution in [-0.4, -0.2) is 5.78 Å². The summed E-state index contributed by atoms with van der Waals surface area (Å²) in [7, 11) is 0. The summed E-state index contributed by atoms with van der Waals surface area (Å²) in [5, 5.41) is 0.377. The molecule has 98 valence electrons. The van der Waals surface area contributed by atoms with Crippen molar-refractivity contribution in [1.82, 2.24) is 0 Å². The minimum Gasteiger partial charge on any atom is -0.289 e. The van der Waals surface area contributed by atoms with Gasteiger partial charge in [-0.25, -0.2) is 4.39 Å². The molecule has 19 heavy (non-hydrogen) atoms. The third-order valence-corrected chi connectivity index (χ3v) is 3.71. The van der Waals surface area contributed by atoms with Crippen molar-refractivity contribution in [1.29, 1.82) is 0 Å². The molecule has 0 saturated heterocycles. The molecule has 0 aliphatic carbocycles. The lowest BCUT2D eigenvalue weighted by Crippen LogP contribution is -2.07. The maximum absolute atomic E-state index is 13.3. The van der Waals surface area contributed by atoms with Gasteiger partial charge in [-0.3, -0.25) is 4.79 Å². The molecule has 0 bridgehead atoms. The molecule has 0 aliphatic heterocycles. The van der Waals surface area contributed by atoms with Crippen LogP contribution in [0.1, 0.15) is 27.0 Å². The lowest BCUT2D eigenvalue weighted by atomic mass is 9.95. The predicted octanol–water partition coefficient (Wildman–Crippen LogP) is 5.09. The summed E-state index contributed by atoms with van der Waals surface area (Å²) >= 11 is 9.38. The monoisotopic (exact) mass is 340 g/mol. The Hall–Kier alpha value is -1.19. The van der Waals surface area contributed by atoms with Gasteiger partial charge in [0.2, 0.25) is 0 Å². The molecule has 0 atom stereocenters. The van der Waals surface area contributed by atoms with Crippen LogP contribution in [-0.2, 0) is 0 Å². The molecular formula is C15H11BrClFO. The summed E-state index contributed by atoms with van der Waals surface area (Å²) in [5.74, 6) is -0.527. The largest absolute Gasteiger partial charge is 0.289 e. The van der Waals surface area contributed by atoms with Crippen LogP contribution < -0.4 is 0 Å². The highest BCUT2D eigenvalue weighted by Gasteiger charge is 2.18. The van der Waals surface area contributed by atoms with Gasteiger partial charge in [0.15, 0.2) is 5.78 Å². The minimum atomic E-state index is -0.339. The van der Waals surface area contributed by atoms with E-state index in [1.807, 2.05) is 0 Å². The van der Waals surface area contributed by atoms with Crippen LogP contribution in [0.5, 0.6) is 0 Å². The third kappa shape index (κ3) is 2.88. The number of carbonyl (C=O) groups is 1.